The van der Waals surface area contributed by atoms with Crippen LogP contribution in [0.15, 0.2) is 24.3 Å². The summed E-state index contributed by atoms with van der Waals surface area (Å²) in [4.78, 5) is 33.7. The zero-order valence-corrected chi connectivity index (χ0v) is 41.1. The molecular formula is C51H98NO9P. The van der Waals surface area contributed by atoms with Crippen LogP contribution in [0.3, 0.4) is 0 Å². The minimum Gasteiger partial charge on any atom is -0.480 e. The quantitative estimate of drug-likeness (QED) is 0.0233. The summed E-state index contributed by atoms with van der Waals surface area (Å²) in [5, 5.41) is 8.93. The Hall–Kier alpha value is -1.55. The van der Waals surface area contributed by atoms with Crippen molar-refractivity contribution in [1.29, 1.82) is 0 Å². The van der Waals surface area contributed by atoms with Gasteiger partial charge in [-0.05, 0) is 44.9 Å². The Labute approximate surface area is 381 Å². The van der Waals surface area contributed by atoms with Crippen molar-refractivity contribution in [2.75, 3.05) is 26.4 Å². The predicted molar refractivity (Wildman–Crippen MR) is 258 cm³/mol. The lowest BCUT2D eigenvalue weighted by atomic mass is 10.0. The van der Waals surface area contributed by atoms with Crippen molar-refractivity contribution in [1.82, 2.24) is 0 Å². The molecule has 0 aromatic rings. The lowest BCUT2D eigenvalue weighted by molar-refractivity contribution is -0.154. The molecule has 3 unspecified atom stereocenters. The van der Waals surface area contributed by atoms with E-state index in [1.54, 1.807) is 0 Å². The summed E-state index contributed by atoms with van der Waals surface area (Å²) in [6, 6.07) is -1.47. The second-order valence-corrected chi connectivity index (χ2v) is 19.1. The van der Waals surface area contributed by atoms with Gasteiger partial charge in [0.2, 0.25) is 0 Å². The fraction of sp³-hybridized carbons (Fsp3) is 0.882. The van der Waals surface area contributed by atoms with Crippen LogP contribution >= 0.6 is 7.82 Å². The number of carbonyl (C=O) groups is 2. The van der Waals surface area contributed by atoms with E-state index in [9.17, 15) is 19.0 Å². The number of aliphatic carboxylic acids is 1. The van der Waals surface area contributed by atoms with Crippen LogP contribution in [0.5, 0.6) is 0 Å². The number of hydrogen-bond acceptors (Lipinski definition) is 8. The summed E-state index contributed by atoms with van der Waals surface area (Å²) >= 11 is 0. The average Bonchev–Trinajstić information content (AvgIpc) is 3.25. The van der Waals surface area contributed by atoms with Crippen LogP contribution in [0.4, 0.5) is 0 Å². The molecule has 0 aliphatic heterocycles. The van der Waals surface area contributed by atoms with E-state index in [4.69, 9.17) is 29.4 Å². The smallest absolute Gasteiger partial charge is 0.472 e. The second-order valence-electron chi connectivity index (χ2n) is 17.7. The van der Waals surface area contributed by atoms with Crippen molar-refractivity contribution >= 4 is 19.8 Å². The van der Waals surface area contributed by atoms with E-state index in [1.165, 1.54) is 173 Å². The number of unbranched alkanes of at least 4 members (excludes halogenated alkanes) is 32. The van der Waals surface area contributed by atoms with Gasteiger partial charge in [0.05, 0.1) is 19.8 Å². The van der Waals surface area contributed by atoms with E-state index < -0.39 is 45.1 Å². The standard InChI is InChI=1S/C51H98NO9P/c1-3-5-7-9-11-13-15-17-19-21-23-24-26-28-30-32-34-36-38-40-42-44-58-45-48(46-59-62(56,57)60-47-49(52)51(54)55)61-50(53)43-41-39-37-35-33-31-29-27-25-22-20-18-16-14-12-10-8-6-4-2/h12,14,18,20,48-49H,3-11,13,15-17,19,21-47,52H2,1-2H3,(H,54,55)(H,56,57)/b14-12-,20-18-. The number of ether oxygens (including phenoxy) is 2. The van der Waals surface area contributed by atoms with Crippen molar-refractivity contribution in [3.05, 3.63) is 24.3 Å². The molecule has 0 radical (unpaired) electrons. The maximum Gasteiger partial charge on any atom is 0.472 e. The number of esters is 1. The fourth-order valence-corrected chi connectivity index (χ4v) is 8.24. The third kappa shape index (κ3) is 46.4. The lowest BCUT2D eigenvalue weighted by Crippen LogP contribution is -2.34. The predicted octanol–water partition coefficient (Wildman–Crippen LogP) is 15.0. The number of carbonyl (C=O) groups excluding carboxylic acids is 1. The molecule has 10 nitrogen and oxygen atoms in total. The number of rotatable bonds is 50. The van der Waals surface area contributed by atoms with E-state index in [0.29, 0.717) is 13.0 Å². The van der Waals surface area contributed by atoms with Gasteiger partial charge in [0.25, 0.3) is 0 Å². The molecular weight excluding hydrogens is 802 g/mol. The van der Waals surface area contributed by atoms with Crippen molar-refractivity contribution in [3.63, 3.8) is 0 Å². The van der Waals surface area contributed by atoms with Crippen LogP contribution in [0.1, 0.15) is 251 Å². The number of phosphoric ester groups is 1. The summed E-state index contributed by atoms with van der Waals surface area (Å²) in [7, 11) is -4.62. The SMILES string of the molecule is CCCCC/C=C\C/C=C\CCCCCCCCCCCC(=O)OC(COCCCCCCCCCCCCCCCCCCCCCCC)COP(=O)(O)OCC(N)C(=O)O. The molecule has 0 saturated carbocycles. The van der Waals surface area contributed by atoms with Crippen LogP contribution in [0.2, 0.25) is 0 Å². The van der Waals surface area contributed by atoms with Crippen molar-refractivity contribution in [2.24, 2.45) is 5.73 Å². The average molecular weight is 900 g/mol. The van der Waals surface area contributed by atoms with Crippen LogP contribution in [-0.4, -0.2) is 60.5 Å². The number of phosphoric acid groups is 1. The number of carboxylic acids is 1. The van der Waals surface area contributed by atoms with Crippen LogP contribution < -0.4 is 5.73 Å². The summed E-state index contributed by atoms with van der Waals surface area (Å²) in [5.41, 5.74) is 5.38. The summed E-state index contributed by atoms with van der Waals surface area (Å²) in [6.45, 7) is 3.91. The number of hydrogen-bond donors (Lipinski definition) is 3. The van der Waals surface area contributed by atoms with Crippen LogP contribution in [0, 0.1) is 0 Å². The van der Waals surface area contributed by atoms with Gasteiger partial charge in [-0.2, -0.15) is 0 Å². The molecule has 0 rings (SSSR count). The molecule has 62 heavy (non-hydrogen) atoms. The molecule has 11 heteroatoms. The Kier molecular flexibility index (Phi) is 46.2. The topological polar surface area (TPSA) is 155 Å². The fourth-order valence-electron chi connectivity index (χ4n) is 7.46. The molecule has 366 valence electrons. The van der Waals surface area contributed by atoms with Gasteiger partial charge in [-0.1, -0.05) is 224 Å². The molecule has 0 bridgehead atoms. The van der Waals surface area contributed by atoms with Crippen LogP contribution in [0.25, 0.3) is 0 Å². The molecule has 0 aromatic carbocycles. The van der Waals surface area contributed by atoms with Gasteiger partial charge in [-0.25, -0.2) is 4.57 Å². The highest BCUT2D eigenvalue weighted by molar-refractivity contribution is 7.47. The summed E-state index contributed by atoms with van der Waals surface area (Å²) in [5.74, 6) is -1.77. The zero-order chi connectivity index (χ0) is 45.5. The molecule has 0 aliphatic rings. The summed E-state index contributed by atoms with van der Waals surface area (Å²) in [6.07, 6.45) is 53.7. The van der Waals surface area contributed by atoms with E-state index in [-0.39, 0.29) is 13.0 Å². The third-order valence-corrected chi connectivity index (χ3v) is 12.4. The Bertz CT molecular complexity index is 1090. The van der Waals surface area contributed by atoms with E-state index in [2.05, 4.69) is 38.2 Å². The minimum atomic E-state index is -4.62. The van der Waals surface area contributed by atoms with Gasteiger partial charge >= 0.3 is 19.8 Å². The molecule has 0 fully saturated rings. The van der Waals surface area contributed by atoms with E-state index in [0.717, 1.165) is 51.4 Å². The first kappa shape index (κ1) is 60.5. The Morgan fingerprint density at radius 3 is 1.34 bits per heavy atom. The molecule has 0 spiro atoms. The zero-order valence-electron chi connectivity index (χ0n) is 40.2. The van der Waals surface area contributed by atoms with Gasteiger partial charge in [-0.15, -0.1) is 0 Å². The first-order chi connectivity index (χ1) is 30.2. The first-order valence-electron chi connectivity index (χ1n) is 25.9. The monoisotopic (exact) mass is 900 g/mol. The van der Waals surface area contributed by atoms with Gasteiger partial charge in [0, 0.05) is 13.0 Å². The minimum absolute atomic E-state index is 0.0202. The number of carboxylic acid groups (broad SMARTS) is 1. The summed E-state index contributed by atoms with van der Waals surface area (Å²) < 4.78 is 33.5. The Morgan fingerprint density at radius 2 is 0.887 bits per heavy atom. The van der Waals surface area contributed by atoms with Gasteiger partial charge in [0.1, 0.15) is 12.1 Å². The highest BCUT2D eigenvalue weighted by Gasteiger charge is 2.27. The molecule has 0 aromatic heterocycles. The van der Waals surface area contributed by atoms with Crippen LogP contribution in [-0.2, 0) is 32.7 Å². The van der Waals surface area contributed by atoms with Crippen molar-refractivity contribution < 1.29 is 42.7 Å². The lowest BCUT2D eigenvalue weighted by Gasteiger charge is -2.20. The Morgan fingerprint density at radius 1 is 0.516 bits per heavy atom. The highest BCUT2D eigenvalue weighted by atomic mass is 31.2. The molecule has 0 heterocycles. The number of nitrogens with two attached hydrogens (primary N) is 1. The van der Waals surface area contributed by atoms with Gasteiger partial charge in [0.15, 0.2) is 0 Å². The number of allylic oxidation sites excluding steroid dienone is 4. The largest absolute Gasteiger partial charge is 0.480 e. The van der Waals surface area contributed by atoms with E-state index in [1.807, 2.05) is 0 Å². The highest BCUT2D eigenvalue weighted by Crippen LogP contribution is 2.43. The van der Waals surface area contributed by atoms with Gasteiger partial charge < -0.3 is 25.2 Å². The molecule has 0 amide bonds. The maximum atomic E-state index is 12.7. The maximum absolute atomic E-state index is 12.7. The normalized spacial score (nSPS) is 13.9. The van der Waals surface area contributed by atoms with Crippen molar-refractivity contribution in [3.8, 4) is 0 Å². The third-order valence-electron chi connectivity index (χ3n) is 11.5. The van der Waals surface area contributed by atoms with Crippen molar-refractivity contribution in [2.45, 2.75) is 264 Å². The Balaban J connectivity index is 4.10. The molecule has 0 saturated heterocycles. The first-order valence-corrected chi connectivity index (χ1v) is 27.4. The van der Waals surface area contributed by atoms with E-state index >= 15 is 0 Å². The van der Waals surface area contributed by atoms with Gasteiger partial charge in [-0.3, -0.25) is 18.6 Å². The second kappa shape index (κ2) is 47.4. The molecule has 4 N–H and O–H groups in total. The molecule has 3 atom stereocenters. The molecule has 0 aliphatic carbocycles.